The summed E-state index contributed by atoms with van der Waals surface area (Å²) in [5, 5.41) is -0.966. The first kappa shape index (κ1) is 20.6. The van der Waals surface area contributed by atoms with E-state index in [1.54, 1.807) is 18.2 Å². The van der Waals surface area contributed by atoms with Gasteiger partial charge in [0.05, 0.1) is 23.9 Å². The summed E-state index contributed by atoms with van der Waals surface area (Å²) >= 11 is 0. The minimum atomic E-state index is -3.85. The zero-order chi connectivity index (χ0) is 19.8. The minimum absolute atomic E-state index is 0.0873. The normalized spacial score (nSPS) is 26.9. The molecule has 0 saturated carbocycles. The highest BCUT2D eigenvalue weighted by Gasteiger charge is 2.49. The Morgan fingerprint density at radius 2 is 1.81 bits per heavy atom. The van der Waals surface area contributed by atoms with E-state index in [1.807, 2.05) is 11.8 Å². The zero-order valence-corrected chi connectivity index (χ0v) is 17.7. The van der Waals surface area contributed by atoms with Crippen LogP contribution in [0.1, 0.15) is 12.5 Å². The summed E-state index contributed by atoms with van der Waals surface area (Å²) in [5.74, 6) is -0.165. The van der Waals surface area contributed by atoms with Crippen molar-refractivity contribution < 1.29 is 21.6 Å². The number of nitrogens with zero attached hydrogens (tertiary/aromatic N) is 2. The molecule has 0 radical (unpaired) electrons. The summed E-state index contributed by atoms with van der Waals surface area (Å²) in [7, 11) is -5.83. The molecule has 0 N–H and O–H groups in total. The molecule has 0 amide bonds. The molecule has 2 saturated heterocycles. The molecule has 1 aromatic carbocycles. The highest BCUT2D eigenvalue weighted by Crippen LogP contribution is 2.34. The van der Waals surface area contributed by atoms with Crippen molar-refractivity contribution in [3.8, 4) is 5.75 Å². The molecular formula is C18H28N2O5S2. The largest absolute Gasteiger partial charge is 0.495 e. The van der Waals surface area contributed by atoms with Gasteiger partial charge < -0.3 is 9.64 Å². The van der Waals surface area contributed by atoms with Crippen LogP contribution in [0.4, 0.5) is 0 Å². The van der Waals surface area contributed by atoms with Crippen molar-refractivity contribution in [1.29, 1.82) is 0 Å². The number of hydrogen-bond acceptors (Lipinski definition) is 7. The van der Waals surface area contributed by atoms with Crippen LogP contribution < -0.4 is 4.74 Å². The van der Waals surface area contributed by atoms with Gasteiger partial charge in [0, 0.05) is 32.2 Å². The lowest BCUT2D eigenvalue weighted by Crippen LogP contribution is -2.54. The highest BCUT2D eigenvalue weighted by atomic mass is 32.2. The van der Waals surface area contributed by atoms with E-state index in [1.165, 1.54) is 7.11 Å². The maximum absolute atomic E-state index is 13.4. The number of hydrogen-bond donors (Lipinski definition) is 0. The van der Waals surface area contributed by atoms with Gasteiger partial charge in [0.25, 0.3) is 0 Å². The molecule has 3 rings (SSSR count). The van der Waals surface area contributed by atoms with Crippen LogP contribution in [-0.2, 0) is 19.7 Å². The van der Waals surface area contributed by atoms with Gasteiger partial charge in [0.15, 0.2) is 19.7 Å². The minimum Gasteiger partial charge on any atom is -0.495 e. The number of likely N-dealkylation sites (N-methyl/N-ethyl adjacent to an activating group) is 1. The Labute approximate surface area is 162 Å². The SMILES string of the molecule is CCN1CCN(C2CS(=O)(=O)CC2S(=O)(=O)c2cc(C)ccc2OC)CC1. The number of methoxy groups -OCH3 is 1. The molecule has 9 heteroatoms. The first-order valence-corrected chi connectivity index (χ1v) is 12.6. The van der Waals surface area contributed by atoms with Crippen molar-refractivity contribution in [2.45, 2.75) is 30.0 Å². The molecule has 0 bridgehead atoms. The summed E-state index contributed by atoms with van der Waals surface area (Å²) in [5.41, 5.74) is 0.795. The number of sulfone groups is 2. The topological polar surface area (TPSA) is 84.0 Å². The summed E-state index contributed by atoms with van der Waals surface area (Å²) < 4.78 is 56.9. The second-order valence-electron chi connectivity index (χ2n) is 7.35. The van der Waals surface area contributed by atoms with Gasteiger partial charge in [-0.15, -0.1) is 0 Å². The summed E-state index contributed by atoms with van der Waals surface area (Å²) in [6.45, 7) is 7.87. The molecule has 2 fully saturated rings. The Bertz CT molecular complexity index is 890. The van der Waals surface area contributed by atoms with Gasteiger partial charge >= 0.3 is 0 Å². The predicted molar refractivity (Wildman–Crippen MR) is 105 cm³/mol. The van der Waals surface area contributed by atoms with Gasteiger partial charge in [-0.1, -0.05) is 13.0 Å². The summed E-state index contributed by atoms with van der Waals surface area (Å²) in [6.07, 6.45) is 0. The quantitative estimate of drug-likeness (QED) is 0.694. The molecule has 2 aliphatic heterocycles. The van der Waals surface area contributed by atoms with Crippen LogP contribution in [0.2, 0.25) is 0 Å². The maximum Gasteiger partial charge on any atom is 0.187 e. The average molecular weight is 417 g/mol. The van der Waals surface area contributed by atoms with Crippen LogP contribution in [0, 0.1) is 6.92 Å². The zero-order valence-electron chi connectivity index (χ0n) is 16.1. The first-order chi connectivity index (χ1) is 12.7. The fourth-order valence-electron chi connectivity index (χ4n) is 4.01. The molecule has 1 aromatic rings. The first-order valence-electron chi connectivity index (χ1n) is 9.23. The van der Waals surface area contributed by atoms with Crippen LogP contribution in [0.15, 0.2) is 23.1 Å². The Kier molecular flexibility index (Phi) is 5.86. The standard InChI is InChI=1S/C18H28N2O5S2/c1-4-19-7-9-20(10-8-19)15-12-26(21,22)13-18(15)27(23,24)17-11-14(2)5-6-16(17)25-3/h5-6,11,15,18H,4,7-10,12-13H2,1-3H3. The second-order valence-corrected chi connectivity index (χ2v) is 11.6. The van der Waals surface area contributed by atoms with Crippen LogP contribution in [0.5, 0.6) is 5.75 Å². The van der Waals surface area contributed by atoms with E-state index in [0.29, 0.717) is 13.1 Å². The van der Waals surface area contributed by atoms with Crippen LogP contribution in [0.3, 0.4) is 0 Å². The fraction of sp³-hybridized carbons (Fsp3) is 0.667. The molecule has 2 atom stereocenters. The van der Waals surface area contributed by atoms with Gasteiger partial charge in [0.1, 0.15) is 10.6 Å². The summed E-state index contributed by atoms with van der Waals surface area (Å²) in [4.78, 5) is 4.41. The highest BCUT2D eigenvalue weighted by molar-refractivity contribution is 7.96. The molecule has 0 aromatic heterocycles. The van der Waals surface area contributed by atoms with Gasteiger partial charge in [0.2, 0.25) is 0 Å². The van der Waals surface area contributed by atoms with Crippen molar-refractivity contribution in [1.82, 2.24) is 9.80 Å². The van der Waals surface area contributed by atoms with E-state index in [9.17, 15) is 16.8 Å². The fourth-order valence-corrected chi connectivity index (χ4v) is 9.09. The molecular weight excluding hydrogens is 388 g/mol. The van der Waals surface area contributed by atoms with E-state index in [-0.39, 0.29) is 22.2 Å². The Hall–Kier alpha value is -1.16. The van der Waals surface area contributed by atoms with E-state index in [4.69, 9.17) is 4.74 Å². The third-order valence-electron chi connectivity index (χ3n) is 5.62. The van der Waals surface area contributed by atoms with Crippen LogP contribution >= 0.6 is 0 Å². The van der Waals surface area contributed by atoms with Crippen molar-refractivity contribution in [2.24, 2.45) is 0 Å². The molecule has 0 aliphatic carbocycles. The van der Waals surface area contributed by atoms with E-state index < -0.39 is 31.0 Å². The summed E-state index contributed by atoms with van der Waals surface area (Å²) in [6, 6.07) is 4.47. The maximum atomic E-state index is 13.4. The molecule has 2 unspecified atom stereocenters. The third-order valence-corrected chi connectivity index (χ3v) is 9.76. The molecule has 152 valence electrons. The lowest BCUT2D eigenvalue weighted by Gasteiger charge is -2.39. The molecule has 27 heavy (non-hydrogen) atoms. The van der Waals surface area contributed by atoms with Crippen molar-refractivity contribution in [3.05, 3.63) is 23.8 Å². The molecule has 2 heterocycles. The van der Waals surface area contributed by atoms with E-state index in [2.05, 4.69) is 11.8 Å². The van der Waals surface area contributed by atoms with E-state index in [0.717, 1.165) is 25.2 Å². The number of aryl methyl sites for hydroxylation is 1. The van der Waals surface area contributed by atoms with Crippen molar-refractivity contribution in [3.63, 3.8) is 0 Å². The molecule has 7 nitrogen and oxygen atoms in total. The lowest BCUT2D eigenvalue weighted by atomic mass is 10.2. The number of piperazine rings is 1. The third kappa shape index (κ3) is 4.16. The second kappa shape index (κ2) is 7.69. The molecule has 2 aliphatic rings. The number of ether oxygens (including phenoxy) is 1. The van der Waals surface area contributed by atoms with Gasteiger partial charge in [-0.25, -0.2) is 16.8 Å². The molecule has 0 spiro atoms. The van der Waals surface area contributed by atoms with E-state index >= 15 is 0 Å². The Morgan fingerprint density at radius 1 is 1.15 bits per heavy atom. The number of benzene rings is 1. The van der Waals surface area contributed by atoms with Gasteiger partial charge in [-0.2, -0.15) is 0 Å². The monoisotopic (exact) mass is 416 g/mol. The smallest absolute Gasteiger partial charge is 0.187 e. The average Bonchev–Trinajstić information content (AvgIpc) is 2.98. The van der Waals surface area contributed by atoms with Crippen molar-refractivity contribution >= 4 is 19.7 Å². The Morgan fingerprint density at radius 3 is 2.41 bits per heavy atom. The predicted octanol–water partition coefficient (Wildman–Crippen LogP) is 0.580. The Balaban J connectivity index is 1.96. The van der Waals surface area contributed by atoms with Crippen LogP contribution in [-0.4, -0.2) is 89.3 Å². The van der Waals surface area contributed by atoms with Gasteiger partial charge in [-0.3, -0.25) is 4.90 Å². The van der Waals surface area contributed by atoms with Gasteiger partial charge in [-0.05, 0) is 31.2 Å². The van der Waals surface area contributed by atoms with Crippen molar-refractivity contribution in [2.75, 3.05) is 51.3 Å². The lowest BCUT2D eigenvalue weighted by molar-refractivity contribution is 0.109. The number of rotatable bonds is 5. The van der Waals surface area contributed by atoms with Crippen LogP contribution in [0.25, 0.3) is 0 Å².